The molecular weight excluding hydrogens is 626 g/mol. The lowest BCUT2D eigenvalue weighted by Gasteiger charge is -2.52. The maximum Gasteiger partial charge on any atom is 0.423 e. The normalized spacial score (nSPS) is 21.8. The van der Waals surface area contributed by atoms with Crippen molar-refractivity contribution >= 4 is 17.5 Å². The van der Waals surface area contributed by atoms with Crippen LogP contribution in [-0.2, 0) is 20.5 Å². The van der Waals surface area contributed by atoms with Crippen LogP contribution in [0, 0.1) is 16.7 Å². The first-order valence-corrected chi connectivity index (χ1v) is 14.5. The van der Waals surface area contributed by atoms with E-state index in [1.54, 1.807) is 10.00 Å². The SMILES string of the molecule is C[C@@H](COCCC(=O)N1CCN2C3=C(C=C(C(F)(F)F)CN3C)N(CC3(C#N)CC3)C(=O)[C@H]2C1)Nc1cn[nH]c(=O)c1C(F)(F)F. The maximum absolute atomic E-state index is 13.8. The first kappa shape index (κ1) is 33.1. The second kappa shape index (κ2) is 12.2. The molecule has 0 unspecified atom stereocenters. The fourth-order valence-corrected chi connectivity index (χ4v) is 5.91. The van der Waals surface area contributed by atoms with Crippen LogP contribution >= 0.6 is 0 Å². The number of aromatic nitrogens is 2. The van der Waals surface area contributed by atoms with Gasteiger partial charge >= 0.3 is 12.4 Å². The van der Waals surface area contributed by atoms with Crippen LogP contribution in [0.15, 0.2) is 34.2 Å². The molecule has 2 atom stereocenters. The van der Waals surface area contributed by atoms with Gasteiger partial charge in [0.1, 0.15) is 17.4 Å². The summed E-state index contributed by atoms with van der Waals surface area (Å²) in [5, 5.41) is 17.4. The number of nitriles is 1. The van der Waals surface area contributed by atoms with E-state index in [1.165, 1.54) is 28.7 Å². The summed E-state index contributed by atoms with van der Waals surface area (Å²) in [6, 6.07) is 0.640. The Bertz CT molecular complexity index is 1540. The molecule has 2 N–H and O–H groups in total. The molecule has 1 saturated carbocycles. The smallest absolute Gasteiger partial charge is 0.379 e. The van der Waals surface area contributed by atoms with Crippen molar-refractivity contribution in [3.8, 4) is 6.07 Å². The van der Waals surface area contributed by atoms with Crippen molar-refractivity contribution in [3.05, 3.63) is 45.3 Å². The molecule has 1 aliphatic carbocycles. The maximum atomic E-state index is 13.8. The predicted molar refractivity (Wildman–Crippen MR) is 148 cm³/mol. The molecule has 12 nitrogen and oxygen atoms in total. The predicted octanol–water partition coefficient (Wildman–Crippen LogP) is 2.26. The topological polar surface area (TPSA) is 138 Å². The molecule has 0 bridgehead atoms. The molecular formula is C28H32F6N8O4. The van der Waals surface area contributed by atoms with E-state index in [0.717, 1.165) is 12.3 Å². The number of likely N-dealkylation sites (N-methyl/N-ethyl adjacent to an activating group) is 1. The zero-order chi connectivity index (χ0) is 33.6. The lowest BCUT2D eigenvalue weighted by atomic mass is 9.98. The number of anilines is 1. The average molecular weight is 659 g/mol. The summed E-state index contributed by atoms with van der Waals surface area (Å²) in [5.74, 6) is -0.397. The minimum Gasteiger partial charge on any atom is -0.379 e. The highest BCUT2D eigenvalue weighted by atomic mass is 19.4. The van der Waals surface area contributed by atoms with Crippen LogP contribution in [0.25, 0.3) is 0 Å². The van der Waals surface area contributed by atoms with Crippen LogP contribution in [0.3, 0.4) is 0 Å². The van der Waals surface area contributed by atoms with Gasteiger partial charge in [0.15, 0.2) is 0 Å². The Morgan fingerprint density at radius 2 is 1.93 bits per heavy atom. The highest BCUT2D eigenvalue weighted by Gasteiger charge is 2.52. The van der Waals surface area contributed by atoms with Gasteiger partial charge in [-0.2, -0.15) is 36.7 Å². The molecule has 0 aromatic carbocycles. The second-order valence-corrected chi connectivity index (χ2v) is 12.0. The summed E-state index contributed by atoms with van der Waals surface area (Å²) in [6.45, 7) is 1.24. The zero-order valence-electron chi connectivity index (χ0n) is 25.0. The number of allylic oxidation sites excluding steroid dienone is 1. The van der Waals surface area contributed by atoms with Gasteiger partial charge in [0.2, 0.25) is 5.91 Å². The van der Waals surface area contributed by atoms with Gasteiger partial charge in [0.05, 0.1) is 60.8 Å². The molecule has 2 amide bonds. The Kier molecular flexibility index (Phi) is 8.75. The van der Waals surface area contributed by atoms with Gasteiger partial charge in [-0.3, -0.25) is 14.4 Å². The standard InChI is InChI=1S/C28H32F6N8O4/c1-16(37-18-10-36-38-23(44)22(18)28(32,33)34)13-46-8-3-21(43)40-6-7-41-20(12-40)25(45)42(15-26(14-35)4-5-26)19-9-17(27(29,30)31)11-39(2)24(19)41/h9-10,16,20H,3-8,11-13,15H2,1-2H3,(H2,37,38,44)/t16-,20+/m0/s1. The van der Waals surface area contributed by atoms with Crippen LogP contribution in [0.1, 0.15) is 31.7 Å². The van der Waals surface area contributed by atoms with Crippen LogP contribution in [0.2, 0.25) is 0 Å². The molecule has 0 spiro atoms. The summed E-state index contributed by atoms with van der Waals surface area (Å²) in [4.78, 5) is 44.4. The number of piperazine rings is 1. The number of carbonyl (C=O) groups excluding carboxylic acids is 2. The highest BCUT2D eigenvalue weighted by Crippen LogP contribution is 2.48. The second-order valence-electron chi connectivity index (χ2n) is 12.0. The number of hydrogen-bond acceptors (Lipinski definition) is 9. The number of fused-ring (bicyclic) bond motifs is 2. The van der Waals surface area contributed by atoms with E-state index in [0.29, 0.717) is 18.7 Å². The third-order valence-electron chi connectivity index (χ3n) is 8.44. The molecule has 1 aromatic heterocycles. The monoisotopic (exact) mass is 658 g/mol. The lowest BCUT2D eigenvalue weighted by molar-refractivity contribution is -0.146. The number of ether oxygens (including phenoxy) is 1. The Labute approximate surface area is 259 Å². The van der Waals surface area contributed by atoms with Gasteiger partial charge in [-0.15, -0.1) is 0 Å². The lowest BCUT2D eigenvalue weighted by Crippen LogP contribution is -2.65. The Hall–Kier alpha value is -4.27. The van der Waals surface area contributed by atoms with E-state index >= 15 is 0 Å². The number of carbonyl (C=O) groups is 2. The summed E-state index contributed by atoms with van der Waals surface area (Å²) < 4.78 is 86.5. The molecule has 1 saturated heterocycles. The first-order chi connectivity index (χ1) is 21.5. The van der Waals surface area contributed by atoms with Crippen molar-refractivity contribution in [1.29, 1.82) is 5.26 Å². The number of halogens is 6. The third kappa shape index (κ3) is 6.64. The quantitative estimate of drug-likeness (QED) is 0.302. The third-order valence-corrected chi connectivity index (χ3v) is 8.44. The molecule has 1 aromatic rings. The molecule has 2 fully saturated rings. The number of amides is 2. The Morgan fingerprint density at radius 1 is 1.22 bits per heavy atom. The number of alkyl halides is 6. The molecule has 4 heterocycles. The van der Waals surface area contributed by atoms with Gasteiger partial charge in [-0.25, -0.2) is 5.10 Å². The largest absolute Gasteiger partial charge is 0.423 e. The molecule has 250 valence electrons. The van der Waals surface area contributed by atoms with Gasteiger partial charge in [-0.05, 0) is 25.8 Å². The van der Waals surface area contributed by atoms with Gasteiger partial charge in [0, 0.05) is 39.3 Å². The molecule has 5 rings (SSSR count). The Balaban J connectivity index is 1.22. The minimum absolute atomic E-state index is 0.0259. The van der Waals surface area contributed by atoms with Crippen LogP contribution in [0.5, 0.6) is 0 Å². The number of nitrogens with one attached hydrogen (secondary N) is 2. The van der Waals surface area contributed by atoms with Crippen LogP contribution in [0.4, 0.5) is 32.0 Å². The number of H-pyrrole nitrogens is 1. The van der Waals surface area contributed by atoms with Crippen LogP contribution in [-0.4, -0.2) is 113 Å². The molecule has 4 aliphatic rings. The first-order valence-electron chi connectivity index (χ1n) is 14.5. The molecule has 18 heteroatoms. The van der Waals surface area contributed by atoms with E-state index in [2.05, 4.69) is 16.5 Å². The van der Waals surface area contributed by atoms with Crippen molar-refractivity contribution < 1.29 is 40.7 Å². The van der Waals surface area contributed by atoms with Crippen molar-refractivity contribution in [1.82, 2.24) is 29.8 Å². The van der Waals surface area contributed by atoms with Gasteiger partial charge in [0.25, 0.3) is 11.5 Å². The fraction of sp³-hybridized carbons (Fsp3) is 0.607. The summed E-state index contributed by atoms with van der Waals surface area (Å²) in [6.07, 6.45) is -6.72. The highest BCUT2D eigenvalue weighted by molar-refractivity contribution is 5.87. The molecule has 0 radical (unpaired) electrons. The van der Waals surface area contributed by atoms with Crippen LogP contribution < -0.4 is 10.9 Å². The molecule has 46 heavy (non-hydrogen) atoms. The number of aromatic amines is 1. The van der Waals surface area contributed by atoms with Gasteiger partial charge in [-0.1, -0.05) is 0 Å². The van der Waals surface area contributed by atoms with E-state index in [4.69, 9.17) is 4.74 Å². The zero-order valence-corrected chi connectivity index (χ0v) is 25.0. The van der Waals surface area contributed by atoms with Gasteiger partial charge < -0.3 is 29.7 Å². The van der Waals surface area contributed by atoms with Crippen molar-refractivity contribution in [2.45, 2.75) is 50.6 Å². The number of hydrogen-bond donors (Lipinski definition) is 2. The van der Waals surface area contributed by atoms with E-state index in [1.807, 2.05) is 0 Å². The van der Waals surface area contributed by atoms with Crippen molar-refractivity contribution in [2.24, 2.45) is 5.41 Å². The van der Waals surface area contributed by atoms with E-state index in [-0.39, 0.29) is 57.4 Å². The summed E-state index contributed by atoms with van der Waals surface area (Å²) >= 11 is 0. The van der Waals surface area contributed by atoms with Crippen molar-refractivity contribution in [2.75, 3.05) is 58.3 Å². The number of rotatable bonds is 9. The summed E-state index contributed by atoms with van der Waals surface area (Å²) in [7, 11) is 1.51. The Morgan fingerprint density at radius 3 is 2.57 bits per heavy atom. The minimum atomic E-state index is -4.91. The van der Waals surface area contributed by atoms with Crippen molar-refractivity contribution in [3.63, 3.8) is 0 Å². The molecule has 3 aliphatic heterocycles. The van der Waals surface area contributed by atoms with E-state index in [9.17, 15) is 46.0 Å². The fourth-order valence-electron chi connectivity index (χ4n) is 5.91. The summed E-state index contributed by atoms with van der Waals surface area (Å²) in [5.41, 5.74) is -4.86. The van der Waals surface area contributed by atoms with E-state index < -0.39 is 64.7 Å². The number of nitrogens with zero attached hydrogens (tertiary/aromatic N) is 6. The average Bonchev–Trinajstić information content (AvgIpc) is 3.75.